The Labute approximate surface area is 108 Å². The van der Waals surface area contributed by atoms with E-state index in [1.54, 1.807) is 22.7 Å². The Kier molecular flexibility index (Phi) is 4.21. The molecule has 1 N–H and O–H groups in total. The van der Waals surface area contributed by atoms with E-state index in [9.17, 15) is 0 Å². The molecule has 0 aliphatic heterocycles. The first-order valence-electron chi connectivity index (χ1n) is 5.20. The van der Waals surface area contributed by atoms with Crippen LogP contribution < -0.4 is 5.32 Å². The van der Waals surface area contributed by atoms with Gasteiger partial charge in [-0.3, -0.25) is 0 Å². The summed E-state index contributed by atoms with van der Waals surface area (Å²) in [6.07, 6.45) is 2.26. The third-order valence-corrected chi connectivity index (χ3v) is 4.32. The molecule has 2 aromatic heterocycles. The van der Waals surface area contributed by atoms with Gasteiger partial charge < -0.3 is 5.32 Å². The van der Waals surface area contributed by atoms with Gasteiger partial charge in [-0.2, -0.15) is 0 Å². The summed E-state index contributed by atoms with van der Waals surface area (Å²) in [6, 6.07) is 4.60. The number of hydrogen-bond donors (Lipinski definition) is 1. The predicted molar refractivity (Wildman–Crippen MR) is 72.7 cm³/mol. The smallest absolute Gasteiger partial charge is 0.184 e. The minimum Gasteiger partial charge on any atom is -0.354 e. The third-order valence-electron chi connectivity index (χ3n) is 2.24. The Balaban J connectivity index is 2.09. The first-order valence-corrected chi connectivity index (χ1v) is 7.34. The van der Waals surface area contributed by atoms with Crippen molar-refractivity contribution in [3.05, 3.63) is 32.9 Å². The fraction of sp³-hybridized carbons (Fsp3) is 0.364. The molecule has 1 atom stereocenters. The molecular weight excluding hydrogens is 260 g/mol. The van der Waals surface area contributed by atoms with Gasteiger partial charge in [0, 0.05) is 10.3 Å². The van der Waals surface area contributed by atoms with Crippen LogP contribution in [0.15, 0.2) is 22.9 Å². The van der Waals surface area contributed by atoms with Crippen LogP contribution in [0.1, 0.15) is 30.7 Å². The van der Waals surface area contributed by atoms with Crippen molar-refractivity contribution in [1.82, 2.24) is 4.98 Å². The molecule has 86 valence electrons. The minimum atomic E-state index is 0.354. The normalized spacial score (nSPS) is 12.6. The molecule has 0 amide bonds. The van der Waals surface area contributed by atoms with Gasteiger partial charge in [0.15, 0.2) is 5.13 Å². The van der Waals surface area contributed by atoms with Crippen molar-refractivity contribution in [2.75, 3.05) is 5.32 Å². The van der Waals surface area contributed by atoms with Crippen molar-refractivity contribution in [3.63, 3.8) is 0 Å². The van der Waals surface area contributed by atoms with E-state index >= 15 is 0 Å². The number of thiophene rings is 1. The number of nitrogens with zero attached hydrogens (tertiary/aromatic N) is 1. The topological polar surface area (TPSA) is 24.9 Å². The van der Waals surface area contributed by atoms with E-state index in [1.807, 2.05) is 5.38 Å². The maximum Gasteiger partial charge on any atom is 0.184 e. The van der Waals surface area contributed by atoms with E-state index in [2.05, 4.69) is 34.7 Å². The molecule has 2 rings (SSSR count). The van der Waals surface area contributed by atoms with Gasteiger partial charge in [0.1, 0.15) is 5.15 Å². The number of nitrogens with one attached hydrogen (secondary N) is 1. The molecule has 0 saturated heterocycles. The maximum atomic E-state index is 5.81. The lowest BCUT2D eigenvalue weighted by Crippen LogP contribution is -2.08. The first-order chi connectivity index (χ1) is 7.79. The van der Waals surface area contributed by atoms with Gasteiger partial charge in [0.05, 0.1) is 6.04 Å². The first kappa shape index (κ1) is 11.9. The van der Waals surface area contributed by atoms with E-state index in [0.717, 1.165) is 18.0 Å². The summed E-state index contributed by atoms with van der Waals surface area (Å²) in [5.74, 6) is 0. The van der Waals surface area contributed by atoms with Crippen LogP contribution in [0.4, 0.5) is 5.13 Å². The SMILES string of the molecule is CCCC(Nc1nc(Cl)cs1)c1cccs1. The lowest BCUT2D eigenvalue weighted by atomic mass is 10.1. The molecule has 0 aliphatic rings. The quantitative estimate of drug-likeness (QED) is 0.845. The summed E-state index contributed by atoms with van der Waals surface area (Å²) < 4.78 is 0. The Bertz CT molecular complexity index is 425. The summed E-state index contributed by atoms with van der Waals surface area (Å²) in [7, 11) is 0. The van der Waals surface area contributed by atoms with Gasteiger partial charge in [-0.25, -0.2) is 4.98 Å². The molecule has 2 nitrogen and oxygen atoms in total. The molecule has 16 heavy (non-hydrogen) atoms. The standard InChI is InChI=1S/C11H13ClN2S2/c1-2-4-8(9-5-3-6-15-9)13-11-14-10(12)7-16-11/h3,5-8H,2,4H2,1H3,(H,13,14). The number of rotatable bonds is 5. The molecule has 0 aromatic carbocycles. The van der Waals surface area contributed by atoms with Crippen molar-refractivity contribution in [3.8, 4) is 0 Å². The highest BCUT2D eigenvalue weighted by atomic mass is 35.5. The Morgan fingerprint density at radius 2 is 2.38 bits per heavy atom. The van der Waals surface area contributed by atoms with Crippen molar-refractivity contribution >= 4 is 39.4 Å². The second kappa shape index (κ2) is 5.66. The van der Waals surface area contributed by atoms with Crippen molar-refractivity contribution in [2.45, 2.75) is 25.8 Å². The Morgan fingerprint density at radius 3 is 2.94 bits per heavy atom. The number of hydrogen-bond acceptors (Lipinski definition) is 4. The molecule has 0 fully saturated rings. The summed E-state index contributed by atoms with van der Waals surface area (Å²) in [5, 5.41) is 8.85. The molecule has 0 spiro atoms. The van der Waals surface area contributed by atoms with Crippen LogP contribution >= 0.6 is 34.3 Å². The highest BCUT2D eigenvalue weighted by Gasteiger charge is 2.12. The zero-order valence-corrected chi connectivity index (χ0v) is 11.3. The van der Waals surface area contributed by atoms with Gasteiger partial charge in [0.25, 0.3) is 0 Å². The summed E-state index contributed by atoms with van der Waals surface area (Å²) in [6.45, 7) is 2.19. The number of thiazole rings is 1. The van der Waals surface area contributed by atoms with Gasteiger partial charge in [0.2, 0.25) is 0 Å². The number of halogens is 1. The number of anilines is 1. The zero-order chi connectivity index (χ0) is 11.4. The molecule has 0 saturated carbocycles. The molecule has 2 heterocycles. The van der Waals surface area contributed by atoms with E-state index in [4.69, 9.17) is 11.6 Å². The summed E-state index contributed by atoms with van der Waals surface area (Å²) in [5.41, 5.74) is 0. The van der Waals surface area contributed by atoms with Crippen molar-refractivity contribution in [1.29, 1.82) is 0 Å². The average Bonchev–Trinajstić information content (AvgIpc) is 2.88. The lowest BCUT2D eigenvalue weighted by molar-refractivity contribution is 0.687. The zero-order valence-electron chi connectivity index (χ0n) is 8.94. The molecule has 0 radical (unpaired) electrons. The molecule has 2 aromatic rings. The number of aromatic nitrogens is 1. The van der Waals surface area contributed by atoms with Crippen LogP contribution in [0.2, 0.25) is 5.15 Å². The molecule has 0 bridgehead atoms. The molecule has 1 unspecified atom stereocenters. The van der Waals surface area contributed by atoms with Crippen molar-refractivity contribution in [2.24, 2.45) is 0 Å². The Morgan fingerprint density at radius 1 is 1.50 bits per heavy atom. The van der Waals surface area contributed by atoms with Gasteiger partial charge >= 0.3 is 0 Å². The van der Waals surface area contributed by atoms with E-state index < -0.39 is 0 Å². The average molecular weight is 273 g/mol. The van der Waals surface area contributed by atoms with Gasteiger partial charge in [-0.05, 0) is 17.9 Å². The second-order valence-electron chi connectivity index (χ2n) is 3.48. The molecule has 5 heteroatoms. The fourth-order valence-corrected chi connectivity index (χ4v) is 3.24. The van der Waals surface area contributed by atoms with Crippen LogP contribution in [0.3, 0.4) is 0 Å². The third kappa shape index (κ3) is 2.97. The van der Waals surface area contributed by atoms with E-state index in [-0.39, 0.29) is 0 Å². The summed E-state index contributed by atoms with van der Waals surface area (Å²) in [4.78, 5) is 5.57. The van der Waals surface area contributed by atoms with Crippen LogP contribution in [-0.2, 0) is 0 Å². The lowest BCUT2D eigenvalue weighted by Gasteiger charge is -2.15. The highest BCUT2D eigenvalue weighted by molar-refractivity contribution is 7.14. The second-order valence-corrected chi connectivity index (χ2v) is 5.70. The largest absolute Gasteiger partial charge is 0.354 e. The summed E-state index contributed by atoms with van der Waals surface area (Å²) >= 11 is 9.14. The van der Waals surface area contributed by atoms with Gasteiger partial charge in [-0.15, -0.1) is 22.7 Å². The van der Waals surface area contributed by atoms with Crippen LogP contribution in [-0.4, -0.2) is 4.98 Å². The molecule has 0 aliphatic carbocycles. The highest BCUT2D eigenvalue weighted by Crippen LogP contribution is 2.29. The maximum absolute atomic E-state index is 5.81. The fourth-order valence-electron chi connectivity index (χ4n) is 1.53. The van der Waals surface area contributed by atoms with Crippen molar-refractivity contribution < 1.29 is 0 Å². The minimum absolute atomic E-state index is 0.354. The molecular formula is C11H13ClN2S2. The van der Waals surface area contributed by atoms with Crippen LogP contribution in [0.25, 0.3) is 0 Å². The Hall–Kier alpha value is -0.580. The van der Waals surface area contributed by atoms with Crippen LogP contribution in [0, 0.1) is 0 Å². The predicted octanol–water partition coefficient (Wildman–Crippen LogP) is 4.81. The van der Waals surface area contributed by atoms with E-state index in [1.165, 1.54) is 4.88 Å². The monoisotopic (exact) mass is 272 g/mol. The van der Waals surface area contributed by atoms with E-state index in [0.29, 0.717) is 11.2 Å². The van der Waals surface area contributed by atoms with Gasteiger partial charge in [-0.1, -0.05) is 31.0 Å². The van der Waals surface area contributed by atoms with Crippen LogP contribution in [0.5, 0.6) is 0 Å².